The van der Waals surface area contributed by atoms with E-state index in [-0.39, 0.29) is 11.4 Å². The molecule has 0 aromatic heterocycles. The quantitative estimate of drug-likeness (QED) is 0.851. The largest absolute Gasteiger partial charge is 0.486 e. The number of nitrogens with zero attached hydrogens (tertiary/aromatic N) is 1. The number of hydrogen-bond donors (Lipinski definition) is 1. The van der Waals surface area contributed by atoms with Crippen LogP contribution in [0.1, 0.15) is 11.1 Å². The molecule has 0 radical (unpaired) electrons. The molecule has 2 aromatic rings. The Labute approximate surface area is 148 Å². The molecule has 134 valence electrons. The Morgan fingerprint density at radius 3 is 2.28 bits per heavy atom. The van der Waals surface area contributed by atoms with Crippen LogP contribution in [0.3, 0.4) is 0 Å². The van der Waals surface area contributed by atoms with Crippen molar-refractivity contribution in [1.29, 1.82) is 0 Å². The lowest BCUT2D eigenvalue weighted by molar-refractivity contribution is 0.171. The Morgan fingerprint density at radius 2 is 1.60 bits per heavy atom. The standard InChI is InChI=1S/C18H22N2O4S/c1-20(2)13-15-5-3-14(4-6-15)12-19-25(21,22)16-7-8-17-18(11-16)24-10-9-23-17/h3-8,11,19H,9-10,12-13H2,1-2H3. The minimum Gasteiger partial charge on any atom is -0.486 e. The van der Waals surface area contributed by atoms with Crippen LogP contribution >= 0.6 is 0 Å². The SMILES string of the molecule is CN(C)Cc1ccc(CNS(=O)(=O)c2ccc3c(c2)OCCO3)cc1. The molecule has 2 aromatic carbocycles. The average molecular weight is 362 g/mol. The molecule has 7 heteroatoms. The van der Waals surface area contributed by atoms with E-state index in [1.807, 2.05) is 38.4 Å². The Hall–Kier alpha value is -2.09. The van der Waals surface area contributed by atoms with Crippen molar-refractivity contribution in [2.75, 3.05) is 27.3 Å². The summed E-state index contributed by atoms with van der Waals surface area (Å²) >= 11 is 0. The van der Waals surface area contributed by atoms with Crippen molar-refractivity contribution in [1.82, 2.24) is 9.62 Å². The van der Waals surface area contributed by atoms with Gasteiger partial charge < -0.3 is 14.4 Å². The lowest BCUT2D eigenvalue weighted by Crippen LogP contribution is -2.24. The van der Waals surface area contributed by atoms with Gasteiger partial charge in [-0.3, -0.25) is 0 Å². The lowest BCUT2D eigenvalue weighted by Gasteiger charge is -2.19. The van der Waals surface area contributed by atoms with Crippen LogP contribution in [-0.4, -0.2) is 40.6 Å². The molecule has 0 aliphatic carbocycles. The van der Waals surface area contributed by atoms with Crippen LogP contribution in [0.4, 0.5) is 0 Å². The Bertz CT molecular complexity index is 833. The number of rotatable bonds is 6. The molecule has 0 atom stereocenters. The Kier molecular flexibility index (Phi) is 5.27. The summed E-state index contributed by atoms with van der Waals surface area (Å²) in [6.45, 7) is 1.98. The van der Waals surface area contributed by atoms with E-state index in [0.29, 0.717) is 24.7 Å². The summed E-state index contributed by atoms with van der Waals surface area (Å²) < 4.78 is 38.5. The number of hydrogen-bond acceptors (Lipinski definition) is 5. The normalized spacial score (nSPS) is 13.9. The molecule has 0 unspecified atom stereocenters. The van der Waals surface area contributed by atoms with Gasteiger partial charge in [-0.2, -0.15) is 0 Å². The molecular formula is C18H22N2O4S. The summed E-state index contributed by atoms with van der Waals surface area (Å²) in [5.41, 5.74) is 2.09. The third kappa shape index (κ3) is 4.50. The van der Waals surface area contributed by atoms with Crippen LogP contribution in [-0.2, 0) is 23.1 Å². The highest BCUT2D eigenvalue weighted by atomic mass is 32.2. The van der Waals surface area contributed by atoms with Crippen LogP contribution in [0.2, 0.25) is 0 Å². The van der Waals surface area contributed by atoms with Gasteiger partial charge in [0, 0.05) is 19.2 Å². The number of nitrogens with one attached hydrogen (secondary N) is 1. The van der Waals surface area contributed by atoms with Gasteiger partial charge >= 0.3 is 0 Å². The van der Waals surface area contributed by atoms with Crippen molar-refractivity contribution in [3.8, 4) is 11.5 Å². The maximum Gasteiger partial charge on any atom is 0.241 e. The molecule has 3 rings (SSSR count). The van der Waals surface area contributed by atoms with E-state index in [1.54, 1.807) is 6.07 Å². The fourth-order valence-corrected chi connectivity index (χ4v) is 3.61. The first-order chi connectivity index (χ1) is 11.9. The molecule has 1 aliphatic rings. The molecule has 0 spiro atoms. The maximum atomic E-state index is 12.5. The van der Waals surface area contributed by atoms with Crippen molar-refractivity contribution in [3.05, 3.63) is 53.6 Å². The smallest absolute Gasteiger partial charge is 0.241 e. The Morgan fingerprint density at radius 1 is 0.960 bits per heavy atom. The van der Waals surface area contributed by atoms with Gasteiger partial charge in [0.15, 0.2) is 11.5 Å². The van der Waals surface area contributed by atoms with E-state index in [9.17, 15) is 8.42 Å². The van der Waals surface area contributed by atoms with Crippen molar-refractivity contribution in [3.63, 3.8) is 0 Å². The van der Waals surface area contributed by atoms with E-state index in [0.717, 1.165) is 12.1 Å². The summed E-state index contributed by atoms with van der Waals surface area (Å²) in [6, 6.07) is 12.5. The predicted octanol–water partition coefficient (Wildman–Crippen LogP) is 2.00. The van der Waals surface area contributed by atoms with Gasteiger partial charge in [0.1, 0.15) is 13.2 Å². The maximum absolute atomic E-state index is 12.5. The summed E-state index contributed by atoms with van der Waals surface area (Å²) in [6.07, 6.45) is 0. The third-order valence-corrected chi connectivity index (χ3v) is 5.21. The molecule has 0 amide bonds. The molecule has 0 saturated heterocycles. The highest BCUT2D eigenvalue weighted by molar-refractivity contribution is 7.89. The first-order valence-electron chi connectivity index (χ1n) is 8.06. The monoisotopic (exact) mass is 362 g/mol. The minimum atomic E-state index is -3.61. The van der Waals surface area contributed by atoms with E-state index in [4.69, 9.17) is 9.47 Å². The molecule has 1 heterocycles. The summed E-state index contributed by atoms with van der Waals surface area (Å²) in [5.74, 6) is 1.03. The van der Waals surface area contributed by atoms with Gasteiger partial charge in [0.25, 0.3) is 0 Å². The highest BCUT2D eigenvalue weighted by Gasteiger charge is 2.19. The van der Waals surface area contributed by atoms with Gasteiger partial charge in [0.05, 0.1) is 4.90 Å². The second-order valence-electron chi connectivity index (χ2n) is 6.18. The summed E-state index contributed by atoms with van der Waals surface area (Å²) in [4.78, 5) is 2.25. The molecule has 1 aliphatic heterocycles. The van der Waals surface area contributed by atoms with Gasteiger partial charge in [0.2, 0.25) is 10.0 Å². The zero-order valence-corrected chi connectivity index (χ0v) is 15.2. The van der Waals surface area contributed by atoms with Crippen molar-refractivity contribution in [2.45, 2.75) is 18.0 Å². The number of ether oxygens (including phenoxy) is 2. The van der Waals surface area contributed by atoms with Crippen LogP contribution in [0.25, 0.3) is 0 Å². The van der Waals surface area contributed by atoms with Crippen molar-refractivity contribution in [2.24, 2.45) is 0 Å². The molecule has 0 fully saturated rings. The second-order valence-corrected chi connectivity index (χ2v) is 7.95. The molecule has 0 bridgehead atoms. The fraction of sp³-hybridized carbons (Fsp3) is 0.333. The molecule has 0 saturated carbocycles. The van der Waals surface area contributed by atoms with Crippen LogP contribution in [0, 0.1) is 0 Å². The highest BCUT2D eigenvalue weighted by Crippen LogP contribution is 2.32. The van der Waals surface area contributed by atoms with E-state index >= 15 is 0 Å². The number of fused-ring (bicyclic) bond motifs is 1. The molecule has 6 nitrogen and oxygen atoms in total. The van der Waals surface area contributed by atoms with Crippen molar-refractivity contribution < 1.29 is 17.9 Å². The van der Waals surface area contributed by atoms with Gasteiger partial charge in [-0.1, -0.05) is 24.3 Å². The van der Waals surface area contributed by atoms with E-state index < -0.39 is 10.0 Å². The van der Waals surface area contributed by atoms with Crippen molar-refractivity contribution >= 4 is 10.0 Å². The Balaban J connectivity index is 1.67. The fourth-order valence-electron chi connectivity index (χ4n) is 2.58. The van der Waals surface area contributed by atoms with Gasteiger partial charge in [-0.25, -0.2) is 13.1 Å². The van der Waals surface area contributed by atoms with Crippen LogP contribution in [0.5, 0.6) is 11.5 Å². The van der Waals surface area contributed by atoms with Crippen LogP contribution in [0.15, 0.2) is 47.4 Å². The zero-order chi connectivity index (χ0) is 17.9. The van der Waals surface area contributed by atoms with Crippen LogP contribution < -0.4 is 14.2 Å². The third-order valence-electron chi connectivity index (χ3n) is 3.81. The first kappa shape index (κ1) is 17.7. The van der Waals surface area contributed by atoms with E-state index in [2.05, 4.69) is 9.62 Å². The topological polar surface area (TPSA) is 67.9 Å². The summed E-state index contributed by atoms with van der Waals surface area (Å²) in [5, 5.41) is 0. The van der Waals surface area contributed by atoms with Gasteiger partial charge in [-0.15, -0.1) is 0 Å². The second kappa shape index (κ2) is 7.43. The molecule has 25 heavy (non-hydrogen) atoms. The minimum absolute atomic E-state index is 0.168. The number of benzene rings is 2. The average Bonchev–Trinajstić information content (AvgIpc) is 2.60. The zero-order valence-electron chi connectivity index (χ0n) is 14.4. The molecule has 1 N–H and O–H groups in total. The van der Waals surface area contributed by atoms with E-state index in [1.165, 1.54) is 17.7 Å². The molecular weight excluding hydrogens is 340 g/mol. The lowest BCUT2D eigenvalue weighted by atomic mass is 10.1. The number of sulfonamides is 1. The van der Waals surface area contributed by atoms with Gasteiger partial charge in [-0.05, 0) is 37.4 Å². The predicted molar refractivity (Wildman–Crippen MR) is 95.3 cm³/mol. The first-order valence-corrected chi connectivity index (χ1v) is 9.54. The summed E-state index contributed by atoms with van der Waals surface area (Å²) in [7, 11) is 0.404.